The van der Waals surface area contributed by atoms with Crippen LogP contribution in [0.5, 0.6) is 0 Å². The lowest BCUT2D eigenvalue weighted by Gasteiger charge is -2.34. The van der Waals surface area contributed by atoms with E-state index in [1.807, 2.05) is 34.6 Å². The van der Waals surface area contributed by atoms with E-state index in [1.165, 1.54) is 0 Å². The van der Waals surface area contributed by atoms with Crippen molar-refractivity contribution in [2.75, 3.05) is 0 Å². The molecular weight excluding hydrogens is 332 g/mol. The van der Waals surface area contributed by atoms with Gasteiger partial charge >= 0.3 is 0 Å². The van der Waals surface area contributed by atoms with Crippen molar-refractivity contribution in [3.63, 3.8) is 0 Å². The van der Waals surface area contributed by atoms with Crippen LogP contribution < -0.4 is 0 Å². The molecule has 3 N–H and O–H groups in total. The fraction of sp³-hybridized carbons (Fsp3) is 0.810. The molecule has 0 fully saturated rings. The Kier molecular flexibility index (Phi) is 8.03. The number of rotatable bonds is 10. The molecule has 0 radical (unpaired) electrons. The predicted octanol–water partition coefficient (Wildman–Crippen LogP) is 3.58. The minimum Gasteiger partial charge on any atom is -0.508 e. The molecule has 0 aliphatic heterocycles. The number of carbonyl (C=O) groups excluding carboxylic acids is 2. The second-order valence-electron chi connectivity index (χ2n) is 8.60. The van der Waals surface area contributed by atoms with E-state index in [4.69, 9.17) is 0 Å². The number of carbonyl (C=O) groups is 2. The summed E-state index contributed by atoms with van der Waals surface area (Å²) in [6.07, 6.45) is 1.15. The van der Waals surface area contributed by atoms with E-state index in [0.717, 1.165) is 0 Å². The highest BCUT2D eigenvalue weighted by atomic mass is 16.4. The van der Waals surface area contributed by atoms with Crippen molar-refractivity contribution in [2.45, 2.75) is 85.4 Å². The van der Waals surface area contributed by atoms with Gasteiger partial charge in [-0.05, 0) is 37.5 Å². The summed E-state index contributed by atoms with van der Waals surface area (Å²) in [5.41, 5.74) is -2.38. The van der Waals surface area contributed by atoms with Crippen molar-refractivity contribution >= 4 is 11.6 Å². The van der Waals surface area contributed by atoms with E-state index in [0.29, 0.717) is 37.5 Å². The molecule has 0 saturated heterocycles. The van der Waals surface area contributed by atoms with Gasteiger partial charge in [-0.15, -0.1) is 0 Å². The van der Waals surface area contributed by atoms with Crippen LogP contribution in [0.2, 0.25) is 0 Å². The van der Waals surface area contributed by atoms with E-state index >= 15 is 0 Å². The summed E-state index contributed by atoms with van der Waals surface area (Å²) in [6.45, 7) is 11.5. The van der Waals surface area contributed by atoms with Crippen LogP contribution in [0.3, 0.4) is 0 Å². The third-order valence-corrected chi connectivity index (χ3v) is 5.57. The maximum Gasteiger partial charge on any atom is 0.176 e. The van der Waals surface area contributed by atoms with Gasteiger partial charge in [-0.3, -0.25) is 9.59 Å². The number of allylic oxidation sites excluding steroid dienone is 1. The Hall–Kier alpha value is -1.20. The molecule has 0 spiro atoms. The summed E-state index contributed by atoms with van der Waals surface area (Å²) in [7, 11) is 0. The first-order valence-corrected chi connectivity index (χ1v) is 9.90. The van der Waals surface area contributed by atoms with E-state index in [2.05, 4.69) is 0 Å². The van der Waals surface area contributed by atoms with Crippen molar-refractivity contribution < 1.29 is 24.9 Å². The van der Waals surface area contributed by atoms with Gasteiger partial charge in [0.15, 0.2) is 17.2 Å². The third-order valence-electron chi connectivity index (χ3n) is 5.57. The molecule has 2 unspecified atom stereocenters. The Morgan fingerprint density at radius 1 is 1.08 bits per heavy atom. The van der Waals surface area contributed by atoms with Crippen molar-refractivity contribution in [3.05, 3.63) is 11.3 Å². The molecule has 0 saturated carbocycles. The quantitative estimate of drug-likeness (QED) is 0.512. The first kappa shape index (κ1) is 22.8. The van der Waals surface area contributed by atoms with Crippen LogP contribution >= 0.6 is 0 Å². The van der Waals surface area contributed by atoms with Gasteiger partial charge in [0.05, 0.1) is 12.0 Å². The van der Waals surface area contributed by atoms with Gasteiger partial charge in [-0.2, -0.15) is 0 Å². The summed E-state index contributed by atoms with van der Waals surface area (Å²) in [4.78, 5) is 25.6. The van der Waals surface area contributed by atoms with Crippen molar-refractivity contribution in [1.29, 1.82) is 0 Å². The zero-order valence-electron chi connectivity index (χ0n) is 17.1. The van der Waals surface area contributed by atoms with Gasteiger partial charge < -0.3 is 15.3 Å². The maximum absolute atomic E-state index is 12.9. The Labute approximate surface area is 157 Å². The minimum absolute atomic E-state index is 0.258. The molecule has 0 aromatic carbocycles. The van der Waals surface area contributed by atoms with E-state index in [9.17, 15) is 24.9 Å². The van der Waals surface area contributed by atoms with Crippen LogP contribution in [0.1, 0.15) is 73.6 Å². The average Bonchev–Trinajstić information content (AvgIpc) is 2.76. The molecule has 1 rings (SSSR count). The van der Waals surface area contributed by atoms with Gasteiger partial charge in [-0.25, -0.2) is 0 Å². The number of hydrogen-bond donors (Lipinski definition) is 3. The van der Waals surface area contributed by atoms with Crippen LogP contribution in [0.25, 0.3) is 0 Å². The Morgan fingerprint density at radius 2 is 1.62 bits per heavy atom. The molecule has 1 aliphatic carbocycles. The lowest BCUT2D eigenvalue weighted by molar-refractivity contribution is -0.137. The summed E-state index contributed by atoms with van der Waals surface area (Å²) in [5, 5.41) is 32.6. The molecule has 5 nitrogen and oxygen atoms in total. The van der Waals surface area contributed by atoms with Gasteiger partial charge in [0, 0.05) is 5.92 Å². The number of Topliss-reactive ketones (excluding diaryl/α,β-unsaturated/α-hetero) is 2. The average molecular weight is 369 g/mol. The normalized spacial score (nSPS) is 26.1. The van der Waals surface area contributed by atoms with E-state index in [1.54, 1.807) is 6.92 Å². The fourth-order valence-corrected chi connectivity index (χ4v) is 3.48. The molecule has 4 atom stereocenters. The van der Waals surface area contributed by atoms with Crippen LogP contribution in [0.4, 0.5) is 0 Å². The summed E-state index contributed by atoms with van der Waals surface area (Å²) in [6, 6.07) is 0. The molecule has 150 valence electrons. The second kappa shape index (κ2) is 9.14. The largest absolute Gasteiger partial charge is 0.508 e. The van der Waals surface area contributed by atoms with Crippen LogP contribution in [-0.4, -0.2) is 38.6 Å². The van der Waals surface area contributed by atoms with E-state index < -0.39 is 40.9 Å². The lowest BCUT2D eigenvalue weighted by atomic mass is 9.78. The van der Waals surface area contributed by atoms with Crippen LogP contribution in [-0.2, 0) is 9.59 Å². The number of aliphatic hydroxyl groups excluding tert-OH is 2. The molecule has 1 aliphatic rings. The zero-order chi connectivity index (χ0) is 20.2. The van der Waals surface area contributed by atoms with Crippen molar-refractivity contribution in [1.82, 2.24) is 0 Å². The first-order chi connectivity index (χ1) is 12.0. The summed E-state index contributed by atoms with van der Waals surface area (Å²) >= 11 is 0. The topological polar surface area (TPSA) is 94.8 Å². The van der Waals surface area contributed by atoms with Gasteiger partial charge in [0.25, 0.3) is 0 Å². The Bertz CT molecular complexity index is 549. The SMILES string of the molecule is CCC(C)C(=O)C1=C(O)[C@@](O)([C@H](O)CCC(C)C)C(CCC(C)C)C1=O. The van der Waals surface area contributed by atoms with Crippen LogP contribution in [0.15, 0.2) is 11.3 Å². The molecule has 0 aromatic rings. The van der Waals surface area contributed by atoms with Crippen molar-refractivity contribution in [3.8, 4) is 0 Å². The molecule has 0 bridgehead atoms. The third kappa shape index (κ3) is 4.55. The summed E-state index contributed by atoms with van der Waals surface area (Å²) in [5.74, 6) is -2.39. The molecule has 0 amide bonds. The highest BCUT2D eigenvalue weighted by Crippen LogP contribution is 2.44. The predicted molar refractivity (Wildman–Crippen MR) is 102 cm³/mol. The Morgan fingerprint density at radius 3 is 2.08 bits per heavy atom. The van der Waals surface area contributed by atoms with Crippen molar-refractivity contribution in [2.24, 2.45) is 23.7 Å². The van der Waals surface area contributed by atoms with Gasteiger partial charge in [0.2, 0.25) is 0 Å². The van der Waals surface area contributed by atoms with E-state index in [-0.39, 0.29) is 12.0 Å². The number of hydrogen-bond acceptors (Lipinski definition) is 5. The molecular formula is C21H36O5. The first-order valence-electron chi connectivity index (χ1n) is 9.90. The molecule has 26 heavy (non-hydrogen) atoms. The minimum atomic E-state index is -2.07. The molecule has 0 heterocycles. The monoisotopic (exact) mass is 368 g/mol. The summed E-state index contributed by atoms with van der Waals surface area (Å²) < 4.78 is 0. The standard InChI is InChI=1S/C21H36O5/c1-7-14(6)18(23)17-19(24)15(10-8-12(2)3)21(26,20(17)25)16(22)11-9-13(4)5/h12-16,22,25-26H,7-11H2,1-6H3/t14?,15?,16-,21+/m1/s1. The number of ketones is 2. The lowest BCUT2D eigenvalue weighted by Crippen LogP contribution is -2.49. The fourth-order valence-electron chi connectivity index (χ4n) is 3.48. The number of aliphatic hydroxyl groups is 3. The highest BCUT2D eigenvalue weighted by Gasteiger charge is 2.58. The Balaban J connectivity index is 3.29. The van der Waals surface area contributed by atoms with Gasteiger partial charge in [0.1, 0.15) is 11.3 Å². The van der Waals surface area contributed by atoms with Gasteiger partial charge in [-0.1, -0.05) is 48.0 Å². The molecule has 0 aromatic heterocycles. The maximum atomic E-state index is 12.9. The van der Waals surface area contributed by atoms with Crippen LogP contribution in [0, 0.1) is 23.7 Å². The zero-order valence-corrected chi connectivity index (χ0v) is 17.1. The molecule has 5 heteroatoms. The highest BCUT2D eigenvalue weighted by molar-refractivity contribution is 6.24. The second-order valence-corrected chi connectivity index (χ2v) is 8.60. The smallest absolute Gasteiger partial charge is 0.176 e.